The number of rotatable bonds is 4. The van der Waals surface area contributed by atoms with Crippen LogP contribution < -0.4 is 0 Å². The molecule has 0 saturated heterocycles. The zero-order chi connectivity index (χ0) is 18.0. The van der Waals surface area contributed by atoms with E-state index in [1.165, 1.54) is 0 Å². The van der Waals surface area contributed by atoms with Gasteiger partial charge in [-0.25, -0.2) is 9.78 Å². The van der Waals surface area contributed by atoms with E-state index in [2.05, 4.69) is 6.07 Å². The van der Waals surface area contributed by atoms with E-state index >= 15 is 0 Å². The molecule has 0 amide bonds. The van der Waals surface area contributed by atoms with Crippen molar-refractivity contribution >= 4 is 16.9 Å². The summed E-state index contributed by atoms with van der Waals surface area (Å²) in [6.45, 7) is 8.53. The van der Waals surface area contributed by atoms with E-state index in [-0.39, 0.29) is 5.97 Å². The second-order valence-electron chi connectivity index (χ2n) is 6.89. The standard InChI is InChI=1S/C22H23NO2/c1-14(2)13-25-22(24)19-12-20(17-8-6-5-7-9-17)23-21-16(4)10-15(3)11-18(19)21/h5-12,14H,13H2,1-4H3. The largest absolute Gasteiger partial charge is 0.462 e. The summed E-state index contributed by atoms with van der Waals surface area (Å²) in [7, 11) is 0. The number of hydrogen-bond donors (Lipinski definition) is 0. The molecule has 3 heteroatoms. The van der Waals surface area contributed by atoms with Gasteiger partial charge in [-0.1, -0.05) is 55.8 Å². The first kappa shape index (κ1) is 17.2. The molecule has 3 rings (SSSR count). The average Bonchev–Trinajstić information content (AvgIpc) is 2.59. The van der Waals surface area contributed by atoms with Crippen molar-refractivity contribution in [2.45, 2.75) is 27.7 Å². The minimum absolute atomic E-state index is 0.289. The van der Waals surface area contributed by atoms with Crippen LogP contribution in [0.2, 0.25) is 0 Å². The summed E-state index contributed by atoms with van der Waals surface area (Å²) in [4.78, 5) is 17.5. The fourth-order valence-electron chi connectivity index (χ4n) is 2.93. The van der Waals surface area contributed by atoms with Crippen LogP contribution in [0.3, 0.4) is 0 Å². The number of aryl methyl sites for hydroxylation is 2. The van der Waals surface area contributed by atoms with Gasteiger partial charge in [0, 0.05) is 10.9 Å². The molecule has 0 aliphatic carbocycles. The van der Waals surface area contributed by atoms with Crippen molar-refractivity contribution in [2.24, 2.45) is 5.92 Å². The second kappa shape index (κ2) is 7.06. The first-order valence-electron chi connectivity index (χ1n) is 8.60. The Hall–Kier alpha value is -2.68. The number of benzene rings is 2. The van der Waals surface area contributed by atoms with Crippen molar-refractivity contribution in [1.82, 2.24) is 4.98 Å². The molecule has 25 heavy (non-hydrogen) atoms. The first-order chi connectivity index (χ1) is 12.0. The molecule has 1 heterocycles. The minimum atomic E-state index is -0.289. The lowest BCUT2D eigenvalue weighted by atomic mass is 10.00. The number of nitrogens with zero attached hydrogens (tertiary/aromatic N) is 1. The molecule has 0 N–H and O–H groups in total. The van der Waals surface area contributed by atoms with Crippen molar-refractivity contribution < 1.29 is 9.53 Å². The Bertz CT molecular complexity index is 914. The van der Waals surface area contributed by atoms with Gasteiger partial charge >= 0.3 is 5.97 Å². The molecule has 0 aliphatic heterocycles. The van der Waals surface area contributed by atoms with E-state index in [4.69, 9.17) is 9.72 Å². The average molecular weight is 333 g/mol. The van der Waals surface area contributed by atoms with Crippen LogP contribution in [-0.2, 0) is 4.74 Å². The van der Waals surface area contributed by atoms with Gasteiger partial charge < -0.3 is 4.74 Å². The lowest BCUT2D eigenvalue weighted by Crippen LogP contribution is -2.11. The number of hydrogen-bond acceptors (Lipinski definition) is 3. The summed E-state index contributed by atoms with van der Waals surface area (Å²) >= 11 is 0. The van der Waals surface area contributed by atoms with Gasteiger partial charge in [-0.2, -0.15) is 0 Å². The molecule has 128 valence electrons. The van der Waals surface area contributed by atoms with E-state index < -0.39 is 0 Å². The molecule has 0 bridgehead atoms. The van der Waals surface area contributed by atoms with Gasteiger partial charge in [-0.05, 0) is 37.5 Å². The van der Waals surface area contributed by atoms with Gasteiger partial charge in [-0.15, -0.1) is 0 Å². The van der Waals surface area contributed by atoms with Crippen LogP contribution in [0.15, 0.2) is 48.5 Å². The van der Waals surface area contributed by atoms with E-state index in [0.717, 1.165) is 33.3 Å². The lowest BCUT2D eigenvalue weighted by molar-refractivity contribution is 0.0461. The van der Waals surface area contributed by atoms with Gasteiger partial charge in [-0.3, -0.25) is 0 Å². The maximum atomic E-state index is 12.7. The van der Waals surface area contributed by atoms with Crippen LogP contribution in [0.4, 0.5) is 0 Å². The van der Waals surface area contributed by atoms with Crippen molar-refractivity contribution in [2.75, 3.05) is 6.61 Å². The Kier molecular flexibility index (Phi) is 4.84. The van der Waals surface area contributed by atoms with Crippen LogP contribution in [0, 0.1) is 19.8 Å². The number of pyridine rings is 1. The zero-order valence-corrected chi connectivity index (χ0v) is 15.2. The quantitative estimate of drug-likeness (QED) is 0.606. The molecule has 0 saturated carbocycles. The van der Waals surface area contributed by atoms with Gasteiger partial charge in [0.25, 0.3) is 0 Å². The van der Waals surface area contributed by atoms with Crippen molar-refractivity contribution in [3.8, 4) is 11.3 Å². The van der Waals surface area contributed by atoms with Crippen LogP contribution in [0.25, 0.3) is 22.2 Å². The molecular formula is C22H23NO2. The Morgan fingerprint density at radius 3 is 2.48 bits per heavy atom. The molecule has 0 radical (unpaired) electrons. The topological polar surface area (TPSA) is 39.2 Å². The van der Waals surface area contributed by atoms with Gasteiger partial charge in [0.2, 0.25) is 0 Å². The van der Waals surface area contributed by atoms with Crippen molar-refractivity contribution in [3.05, 3.63) is 65.2 Å². The van der Waals surface area contributed by atoms with Crippen molar-refractivity contribution in [3.63, 3.8) is 0 Å². The number of carbonyl (C=O) groups is 1. The molecular weight excluding hydrogens is 310 g/mol. The molecule has 0 aliphatic rings. The molecule has 1 aromatic heterocycles. The molecule has 3 nitrogen and oxygen atoms in total. The number of ether oxygens (including phenoxy) is 1. The smallest absolute Gasteiger partial charge is 0.338 e. The third-order valence-corrected chi connectivity index (χ3v) is 4.09. The first-order valence-corrected chi connectivity index (χ1v) is 8.60. The van der Waals surface area contributed by atoms with Crippen LogP contribution in [0.1, 0.15) is 35.3 Å². The van der Waals surface area contributed by atoms with E-state index in [9.17, 15) is 4.79 Å². The Morgan fingerprint density at radius 1 is 1.08 bits per heavy atom. The molecule has 3 aromatic rings. The highest BCUT2D eigenvalue weighted by Crippen LogP contribution is 2.28. The maximum absolute atomic E-state index is 12.7. The van der Waals surface area contributed by atoms with Crippen molar-refractivity contribution in [1.29, 1.82) is 0 Å². The van der Waals surface area contributed by atoms with E-state index in [0.29, 0.717) is 18.1 Å². The number of fused-ring (bicyclic) bond motifs is 1. The highest BCUT2D eigenvalue weighted by molar-refractivity contribution is 6.05. The monoisotopic (exact) mass is 333 g/mol. The summed E-state index contributed by atoms with van der Waals surface area (Å²) in [5, 5.41) is 0.853. The summed E-state index contributed by atoms with van der Waals surface area (Å²) in [6.07, 6.45) is 0. The lowest BCUT2D eigenvalue weighted by Gasteiger charge is -2.13. The van der Waals surface area contributed by atoms with Gasteiger partial charge in [0.15, 0.2) is 0 Å². The molecule has 0 spiro atoms. The summed E-state index contributed by atoms with van der Waals surface area (Å²) < 4.78 is 5.50. The summed E-state index contributed by atoms with van der Waals surface area (Å²) in [5.41, 5.74) is 5.38. The Labute approximate surface area is 148 Å². The maximum Gasteiger partial charge on any atom is 0.338 e. The Morgan fingerprint density at radius 2 is 1.80 bits per heavy atom. The molecule has 2 aromatic carbocycles. The number of carbonyl (C=O) groups excluding carboxylic acids is 1. The normalized spacial score (nSPS) is 11.1. The van der Waals surface area contributed by atoms with Crippen LogP contribution >= 0.6 is 0 Å². The molecule has 0 unspecified atom stereocenters. The number of aromatic nitrogens is 1. The molecule has 0 atom stereocenters. The zero-order valence-electron chi connectivity index (χ0n) is 15.2. The van der Waals surface area contributed by atoms with E-state index in [1.807, 2.05) is 70.2 Å². The minimum Gasteiger partial charge on any atom is -0.462 e. The Balaban J connectivity index is 2.20. The predicted molar refractivity (Wildman–Crippen MR) is 102 cm³/mol. The highest BCUT2D eigenvalue weighted by atomic mass is 16.5. The predicted octanol–water partition coefficient (Wildman–Crippen LogP) is 5.33. The molecule has 0 fully saturated rings. The third kappa shape index (κ3) is 3.71. The number of esters is 1. The fourth-order valence-corrected chi connectivity index (χ4v) is 2.93. The highest BCUT2D eigenvalue weighted by Gasteiger charge is 2.17. The van der Waals surface area contributed by atoms with Crippen LogP contribution in [-0.4, -0.2) is 17.6 Å². The SMILES string of the molecule is Cc1cc(C)c2nc(-c3ccccc3)cc(C(=O)OCC(C)C)c2c1. The van der Waals surface area contributed by atoms with E-state index in [1.54, 1.807) is 0 Å². The summed E-state index contributed by atoms with van der Waals surface area (Å²) in [6, 6.07) is 15.9. The van der Waals surface area contributed by atoms with Gasteiger partial charge in [0.05, 0.1) is 23.4 Å². The summed E-state index contributed by atoms with van der Waals surface area (Å²) in [5.74, 6) is 0.0115. The third-order valence-electron chi connectivity index (χ3n) is 4.09. The second-order valence-corrected chi connectivity index (χ2v) is 6.89. The fraction of sp³-hybridized carbons (Fsp3) is 0.273. The van der Waals surface area contributed by atoms with Crippen LogP contribution in [0.5, 0.6) is 0 Å². The van der Waals surface area contributed by atoms with Gasteiger partial charge in [0.1, 0.15) is 0 Å².